The Hall–Kier alpha value is -0.493. The maximum absolute atomic E-state index is 13.8. The Kier molecular flexibility index (Phi) is 10.5. The number of carbonyl (C=O) groups is 2. The molecule has 34 heavy (non-hydrogen) atoms. The molecule has 0 radical (unpaired) electrons. The summed E-state index contributed by atoms with van der Waals surface area (Å²) in [7, 11) is -3.19. The Morgan fingerprint density at radius 3 is 1.44 bits per heavy atom. The topological polar surface area (TPSA) is 59.1 Å². The first-order valence-corrected chi connectivity index (χ1v) is 17.8. The summed E-state index contributed by atoms with van der Waals surface area (Å²) in [4.78, 5) is 27.3. The summed E-state index contributed by atoms with van der Waals surface area (Å²) >= 11 is 0. The van der Waals surface area contributed by atoms with Crippen LogP contribution in [0.15, 0.2) is 0 Å². The molecule has 0 bridgehead atoms. The number of hydrogen-bond donors (Lipinski definition) is 0. The average Bonchev–Trinajstić information content (AvgIpc) is 3.30. The molecule has 0 spiro atoms. The Morgan fingerprint density at radius 2 is 1.18 bits per heavy atom. The second kappa shape index (κ2) is 11.3. The number of nitrogens with zero attached hydrogens (tertiary/aromatic N) is 2. The fourth-order valence-electron chi connectivity index (χ4n) is 5.65. The summed E-state index contributed by atoms with van der Waals surface area (Å²) in [5.74, 6) is -1.45. The Morgan fingerprint density at radius 1 is 0.824 bits per heavy atom. The molecule has 0 aliphatic heterocycles. The fourth-order valence-corrected chi connectivity index (χ4v) is 14.8. The third-order valence-corrected chi connectivity index (χ3v) is 16.0. The fraction of sp³-hybridized carbons (Fsp3) is 0.923. The molecule has 1 aliphatic rings. The molecule has 8 heteroatoms. The highest BCUT2D eigenvalue weighted by molar-refractivity contribution is 7.59. The normalized spacial score (nSPS) is 23.7. The van der Waals surface area contributed by atoms with E-state index in [-0.39, 0.29) is 36.1 Å². The molecular weight excluding hydrogens is 463 g/mol. The van der Waals surface area contributed by atoms with Crippen molar-refractivity contribution >= 4 is 28.2 Å². The maximum atomic E-state index is 13.8. The highest BCUT2D eigenvalue weighted by Gasteiger charge is 2.82. The molecule has 3 atom stereocenters. The van der Waals surface area contributed by atoms with Crippen molar-refractivity contribution in [2.24, 2.45) is 11.8 Å². The monoisotopic (exact) mass is 516 g/mol. The van der Waals surface area contributed by atoms with Crippen LogP contribution in [-0.4, -0.2) is 70.5 Å². The molecule has 200 valence electrons. The first-order chi connectivity index (χ1) is 15.3. The van der Waals surface area contributed by atoms with E-state index in [1.165, 1.54) is 0 Å². The van der Waals surface area contributed by atoms with Crippen LogP contribution in [-0.2, 0) is 19.1 Å². The number of carbonyl (C=O) groups excluding carboxylic acids is 2. The summed E-state index contributed by atoms with van der Waals surface area (Å²) < 4.78 is 16.3. The van der Waals surface area contributed by atoms with Gasteiger partial charge in [-0.15, -0.1) is 0 Å². The van der Waals surface area contributed by atoms with Gasteiger partial charge < -0.3 is 9.47 Å². The Balaban J connectivity index is 4.01. The second-order valence-electron chi connectivity index (χ2n) is 12.7. The third kappa shape index (κ3) is 6.25. The van der Waals surface area contributed by atoms with Gasteiger partial charge in [-0.2, -0.15) is 0 Å². The van der Waals surface area contributed by atoms with Gasteiger partial charge in [-0.25, -0.2) is 0 Å². The molecule has 1 aliphatic carbocycles. The summed E-state index contributed by atoms with van der Waals surface area (Å²) in [6.45, 7) is 32.7. The van der Waals surface area contributed by atoms with E-state index in [1.807, 2.05) is 27.7 Å². The van der Waals surface area contributed by atoms with Crippen LogP contribution < -0.4 is 0 Å². The molecule has 0 aromatic heterocycles. The van der Waals surface area contributed by atoms with Crippen molar-refractivity contribution in [1.82, 2.24) is 9.34 Å². The molecule has 0 saturated heterocycles. The van der Waals surface area contributed by atoms with Crippen molar-refractivity contribution in [3.8, 4) is 0 Å². The highest BCUT2D eigenvalue weighted by Crippen LogP contribution is 2.78. The summed E-state index contributed by atoms with van der Waals surface area (Å²) in [6, 6.07) is 1.06. The molecular formula is C26H53N2O4PSi. The predicted molar refractivity (Wildman–Crippen MR) is 147 cm³/mol. The number of ether oxygens (including phenoxy) is 2. The number of rotatable bonds is 11. The van der Waals surface area contributed by atoms with Gasteiger partial charge in [0.15, 0.2) is 0 Å². The van der Waals surface area contributed by atoms with Crippen LogP contribution in [0.1, 0.15) is 83.1 Å². The minimum Gasteiger partial charge on any atom is -0.466 e. The van der Waals surface area contributed by atoms with Crippen LogP contribution in [0.5, 0.6) is 0 Å². The Bertz CT molecular complexity index is 679. The van der Waals surface area contributed by atoms with Crippen molar-refractivity contribution in [3.63, 3.8) is 0 Å². The molecule has 0 aromatic rings. The van der Waals surface area contributed by atoms with Crippen LogP contribution >= 0.6 is 8.22 Å². The lowest BCUT2D eigenvalue weighted by molar-refractivity contribution is -0.159. The third-order valence-electron chi connectivity index (χ3n) is 6.46. The van der Waals surface area contributed by atoms with Gasteiger partial charge in [0.1, 0.15) is 5.60 Å². The number of esters is 2. The predicted octanol–water partition coefficient (Wildman–Crippen LogP) is 6.30. The van der Waals surface area contributed by atoms with Crippen LogP contribution in [0.25, 0.3) is 0 Å². The summed E-state index contributed by atoms with van der Waals surface area (Å²) in [5, 5.41) is 0. The molecule has 0 heterocycles. The first-order valence-electron chi connectivity index (χ1n) is 13.0. The molecule has 1 fully saturated rings. The van der Waals surface area contributed by atoms with E-state index in [9.17, 15) is 9.59 Å². The van der Waals surface area contributed by atoms with Crippen molar-refractivity contribution in [2.75, 3.05) is 6.61 Å². The smallest absolute Gasteiger partial charge is 0.311 e. The van der Waals surface area contributed by atoms with Gasteiger partial charge in [0.25, 0.3) is 0 Å². The highest BCUT2D eigenvalue weighted by atomic mass is 31.1. The van der Waals surface area contributed by atoms with E-state index < -0.39 is 38.5 Å². The lowest BCUT2D eigenvalue weighted by Gasteiger charge is -2.54. The SMILES string of the molecule is CCOC(=O)[C@H]1[C@H](C(=O)OC(C)(C)C)[C@@]1(P(N(C(C)C)C(C)C)N(C(C)C)C(C)C)[Si](C)(C)C. The molecule has 0 N–H and O–H groups in total. The lowest BCUT2D eigenvalue weighted by atomic mass is 10.2. The van der Waals surface area contributed by atoms with Gasteiger partial charge in [-0.1, -0.05) is 19.6 Å². The zero-order chi connectivity index (χ0) is 27.0. The lowest BCUT2D eigenvalue weighted by Crippen LogP contribution is -2.55. The minimum atomic E-state index is -2.16. The Labute approximate surface area is 212 Å². The molecule has 0 unspecified atom stereocenters. The largest absolute Gasteiger partial charge is 0.466 e. The van der Waals surface area contributed by atoms with Crippen molar-refractivity contribution in [3.05, 3.63) is 0 Å². The van der Waals surface area contributed by atoms with Crippen LogP contribution in [0.4, 0.5) is 0 Å². The van der Waals surface area contributed by atoms with E-state index in [0.29, 0.717) is 6.61 Å². The number of hydrogen-bond acceptors (Lipinski definition) is 6. The van der Waals surface area contributed by atoms with E-state index >= 15 is 0 Å². The van der Waals surface area contributed by atoms with Crippen LogP contribution in [0, 0.1) is 11.8 Å². The van der Waals surface area contributed by atoms with E-state index in [2.05, 4.69) is 84.4 Å². The summed E-state index contributed by atoms with van der Waals surface area (Å²) in [5.41, 5.74) is -0.613. The van der Waals surface area contributed by atoms with Gasteiger partial charge in [-0.05, 0) is 83.1 Å². The van der Waals surface area contributed by atoms with Gasteiger partial charge in [0.2, 0.25) is 0 Å². The molecule has 0 aromatic carbocycles. The summed E-state index contributed by atoms with van der Waals surface area (Å²) in [6.07, 6.45) is 0. The standard InChI is InChI=1S/C26H53N2O4PSi/c1-16-31-23(29)21-22(24(30)32-25(10,11)12)26(21,34(13,14)15)33(27(17(2)3)18(4)5)28(19(6)7)20(8)9/h17-22H,16H2,1-15H3/t21-,22-,26+/m1/s1. The molecule has 1 saturated carbocycles. The maximum Gasteiger partial charge on any atom is 0.311 e. The van der Waals surface area contributed by atoms with Gasteiger partial charge in [0.05, 0.1) is 26.5 Å². The second-order valence-corrected chi connectivity index (χ2v) is 20.7. The van der Waals surface area contributed by atoms with Crippen molar-refractivity contribution in [1.29, 1.82) is 0 Å². The quantitative estimate of drug-likeness (QED) is 0.182. The molecule has 0 amide bonds. The van der Waals surface area contributed by atoms with Gasteiger partial charge in [0, 0.05) is 37.2 Å². The van der Waals surface area contributed by atoms with Crippen molar-refractivity contribution < 1.29 is 19.1 Å². The minimum absolute atomic E-state index is 0.242. The first kappa shape index (κ1) is 31.5. The average molecular weight is 517 g/mol. The molecule has 6 nitrogen and oxygen atoms in total. The van der Waals surface area contributed by atoms with E-state index in [4.69, 9.17) is 9.47 Å². The molecule has 1 rings (SSSR count). The van der Waals surface area contributed by atoms with Crippen LogP contribution in [0.2, 0.25) is 19.6 Å². The van der Waals surface area contributed by atoms with E-state index in [1.54, 1.807) is 0 Å². The zero-order valence-corrected chi connectivity index (χ0v) is 26.5. The van der Waals surface area contributed by atoms with Crippen LogP contribution in [0.3, 0.4) is 0 Å². The van der Waals surface area contributed by atoms with Gasteiger partial charge in [-0.3, -0.25) is 18.9 Å². The zero-order valence-electron chi connectivity index (χ0n) is 24.6. The van der Waals surface area contributed by atoms with E-state index in [0.717, 1.165) is 0 Å². The van der Waals surface area contributed by atoms with Gasteiger partial charge >= 0.3 is 11.9 Å². The van der Waals surface area contributed by atoms with Crippen molar-refractivity contribution in [2.45, 2.75) is 137 Å².